The smallest absolute Gasteiger partial charge is 0.0642 e. The number of morpholine rings is 1. The SMILES string of the molecule is Cc1ccc(N=CC2=C(N3CCOCC3)/C(=C\c3ccccc3)CC2)cc1. The molecule has 1 saturated heterocycles. The van der Waals surface area contributed by atoms with E-state index in [4.69, 9.17) is 9.73 Å². The van der Waals surface area contributed by atoms with Gasteiger partial charge in [-0.1, -0.05) is 48.0 Å². The average Bonchev–Trinajstić information content (AvgIpc) is 3.11. The van der Waals surface area contributed by atoms with Crippen LogP contribution in [-0.2, 0) is 4.74 Å². The van der Waals surface area contributed by atoms with Crippen LogP contribution in [0.2, 0.25) is 0 Å². The van der Waals surface area contributed by atoms with Gasteiger partial charge in [-0.15, -0.1) is 0 Å². The monoisotopic (exact) mass is 358 g/mol. The first-order chi connectivity index (χ1) is 13.3. The highest BCUT2D eigenvalue weighted by atomic mass is 16.5. The van der Waals surface area contributed by atoms with Crippen molar-refractivity contribution in [1.29, 1.82) is 0 Å². The standard InChI is InChI=1S/C24H26N2O/c1-19-7-11-23(12-8-19)25-18-22-10-9-21(17-20-5-3-2-4-6-20)24(22)26-13-15-27-16-14-26/h2-8,11-12,17-18H,9-10,13-16H2,1H3/b21-17-,25-18?. The van der Waals surface area contributed by atoms with Crippen molar-refractivity contribution in [3.63, 3.8) is 0 Å². The summed E-state index contributed by atoms with van der Waals surface area (Å²) in [5.41, 5.74) is 7.63. The molecule has 3 heteroatoms. The summed E-state index contributed by atoms with van der Waals surface area (Å²) in [6.45, 7) is 5.59. The molecule has 0 unspecified atom stereocenters. The van der Waals surface area contributed by atoms with Crippen LogP contribution in [0.5, 0.6) is 0 Å². The molecular formula is C24H26N2O. The number of ether oxygens (including phenoxy) is 1. The molecule has 2 aromatic rings. The molecular weight excluding hydrogens is 332 g/mol. The second kappa shape index (κ2) is 8.36. The van der Waals surface area contributed by atoms with Gasteiger partial charge in [0.05, 0.1) is 18.9 Å². The van der Waals surface area contributed by atoms with Gasteiger partial charge in [0.15, 0.2) is 0 Å². The second-order valence-electron chi connectivity index (χ2n) is 7.15. The van der Waals surface area contributed by atoms with Crippen LogP contribution in [0.15, 0.2) is 76.4 Å². The van der Waals surface area contributed by atoms with Gasteiger partial charge in [0, 0.05) is 25.0 Å². The highest BCUT2D eigenvalue weighted by Gasteiger charge is 2.25. The van der Waals surface area contributed by atoms with Crippen molar-refractivity contribution in [2.24, 2.45) is 4.99 Å². The highest BCUT2D eigenvalue weighted by Crippen LogP contribution is 2.35. The summed E-state index contributed by atoms with van der Waals surface area (Å²) in [6.07, 6.45) is 6.51. The zero-order chi connectivity index (χ0) is 18.5. The molecule has 0 saturated carbocycles. The summed E-state index contributed by atoms with van der Waals surface area (Å²) < 4.78 is 5.57. The molecule has 2 aromatic carbocycles. The van der Waals surface area contributed by atoms with Crippen LogP contribution in [0.3, 0.4) is 0 Å². The van der Waals surface area contributed by atoms with E-state index in [9.17, 15) is 0 Å². The van der Waals surface area contributed by atoms with Crippen LogP contribution in [-0.4, -0.2) is 37.4 Å². The maximum atomic E-state index is 5.57. The number of benzene rings is 2. The third-order valence-corrected chi connectivity index (χ3v) is 5.14. The normalized spacial score (nSPS) is 19.4. The summed E-state index contributed by atoms with van der Waals surface area (Å²) in [4.78, 5) is 7.22. The fraction of sp³-hybridized carbons (Fsp3) is 0.292. The molecule has 0 spiro atoms. The van der Waals surface area contributed by atoms with E-state index in [2.05, 4.69) is 78.7 Å². The summed E-state index contributed by atoms with van der Waals surface area (Å²) in [5.74, 6) is 0. The maximum Gasteiger partial charge on any atom is 0.0642 e. The average molecular weight is 358 g/mol. The molecule has 0 aromatic heterocycles. The Morgan fingerprint density at radius 1 is 0.926 bits per heavy atom. The minimum absolute atomic E-state index is 0.796. The predicted molar refractivity (Wildman–Crippen MR) is 112 cm³/mol. The Morgan fingerprint density at radius 3 is 2.41 bits per heavy atom. The topological polar surface area (TPSA) is 24.8 Å². The fourth-order valence-electron chi connectivity index (χ4n) is 3.71. The Labute approximate surface area is 161 Å². The molecule has 0 amide bonds. The van der Waals surface area contributed by atoms with Crippen molar-refractivity contribution in [3.8, 4) is 0 Å². The van der Waals surface area contributed by atoms with Gasteiger partial charge in [-0.25, -0.2) is 0 Å². The van der Waals surface area contributed by atoms with Crippen molar-refractivity contribution >= 4 is 18.0 Å². The molecule has 3 nitrogen and oxygen atoms in total. The zero-order valence-electron chi connectivity index (χ0n) is 15.9. The summed E-state index contributed by atoms with van der Waals surface area (Å²) in [6, 6.07) is 19.0. The number of rotatable bonds is 4. The molecule has 0 N–H and O–H groups in total. The Bertz CT molecular complexity index is 857. The molecule has 138 valence electrons. The first kappa shape index (κ1) is 17.7. The van der Waals surface area contributed by atoms with Crippen molar-refractivity contribution in [2.45, 2.75) is 19.8 Å². The highest BCUT2D eigenvalue weighted by molar-refractivity contribution is 5.85. The van der Waals surface area contributed by atoms with Crippen LogP contribution >= 0.6 is 0 Å². The molecule has 1 fully saturated rings. The van der Waals surface area contributed by atoms with Gasteiger partial charge in [0.2, 0.25) is 0 Å². The molecule has 1 aliphatic carbocycles. The number of hydrogen-bond donors (Lipinski definition) is 0. The van der Waals surface area contributed by atoms with E-state index in [0.29, 0.717) is 0 Å². The molecule has 0 radical (unpaired) electrons. The molecule has 1 heterocycles. The van der Waals surface area contributed by atoms with Crippen LogP contribution < -0.4 is 0 Å². The number of aliphatic imine (C=N–C) groups is 1. The third kappa shape index (κ3) is 4.37. The maximum absolute atomic E-state index is 5.57. The Morgan fingerprint density at radius 2 is 1.67 bits per heavy atom. The van der Waals surface area contributed by atoms with Gasteiger partial charge in [0.25, 0.3) is 0 Å². The van der Waals surface area contributed by atoms with Gasteiger partial charge in [-0.2, -0.15) is 0 Å². The van der Waals surface area contributed by atoms with Crippen molar-refractivity contribution < 1.29 is 4.74 Å². The van der Waals surface area contributed by atoms with Gasteiger partial charge in [0.1, 0.15) is 0 Å². The Hall–Kier alpha value is -2.65. The third-order valence-electron chi connectivity index (χ3n) is 5.14. The van der Waals surface area contributed by atoms with Crippen LogP contribution in [0.1, 0.15) is 24.0 Å². The minimum atomic E-state index is 0.796. The van der Waals surface area contributed by atoms with Gasteiger partial charge < -0.3 is 9.64 Å². The van der Waals surface area contributed by atoms with E-state index >= 15 is 0 Å². The molecule has 27 heavy (non-hydrogen) atoms. The van der Waals surface area contributed by atoms with Crippen molar-refractivity contribution in [1.82, 2.24) is 4.90 Å². The minimum Gasteiger partial charge on any atom is -0.378 e. The first-order valence-electron chi connectivity index (χ1n) is 9.72. The number of aryl methyl sites for hydroxylation is 1. The van der Waals surface area contributed by atoms with Crippen molar-refractivity contribution in [2.75, 3.05) is 26.3 Å². The van der Waals surface area contributed by atoms with Crippen LogP contribution in [0.4, 0.5) is 5.69 Å². The zero-order valence-corrected chi connectivity index (χ0v) is 15.9. The van der Waals surface area contributed by atoms with E-state index in [1.807, 2.05) is 0 Å². The number of nitrogens with zero attached hydrogens (tertiary/aromatic N) is 2. The molecule has 0 bridgehead atoms. The molecule has 4 rings (SSSR count). The largest absolute Gasteiger partial charge is 0.378 e. The van der Waals surface area contributed by atoms with E-state index < -0.39 is 0 Å². The predicted octanol–water partition coefficient (Wildman–Crippen LogP) is 5.16. The summed E-state index contributed by atoms with van der Waals surface area (Å²) >= 11 is 0. The molecule has 0 atom stereocenters. The summed E-state index contributed by atoms with van der Waals surface area (Å²) in [7, 11) is 0. The lowest BCUT2D eigenvalue weighted by Crippen LogP contribution is -2.36. The Kier molecular flexibility index (Phi) is 5.50. The lowest BCUT2D eigenvalue weighted by molar-refractivity contribution is 0.0548. The second-order valence-corrected chi connectivity index (χ2v) is 7.15. The quantitative estimate of drug-likeness (QED) is 0.705. The van der Waals surface area contributed by atoms with E-state index in [-0.39, 0.29) is 0 Å². The Balaban J connectivity index is 1.67. The number of hydrogen-bond acceptors (Lipinski definition) is 3. The fourth-order valence-corrected chi connectivity index (χ4v) is 3.71. The van der Waals surface area contributed by atoms with Crippen LogP contribution in [0.25, 0.3) is 6.08 Å². The first-order valence-corrected chi connectivity index (χ1v) is 9.72. The van der Waals surface area contributed by atoms with E-state index in [1.54, 1.807) is 0 Å². The lowest BCUT2D eigenvalue weighted by Gasteiger charge is -2.31. The summed E-state index contributed by atoms with van der Waals surface area (Å²) in [5, 5.41) is 0. The van der Waals surface area contributed by atoms with E-state index in [1.165, 1.54) is 28.0 Å². The van der Waals surface area contributed by atoms with Gasteiger partial charge in [-0.3, -0.25) is 4.99 Å². The van der Waals surface area contributed by atoms with Crippen LogP contribution in [0, 0.1) is 6.92 Å². The number of allylic oxidation sites excluding steroid dienone is 2. The van der Waals surface area contributed by atoms with E-state index in [0.717, 1.165) is 44.8 Å². The lowest BCUT2D eigenvalue weighted by atomic mass is 10.1. The van der Waals surface area contributed by atoms with Crippen molar-refractivity contribution in [3.05, 3.63) is 82.6 Å². The van der Waals surface area contributed by atoms with Gasteiger partial charge >= 0.3 is 0 Å². The molecule has 2 aliphatic rings. The molecule has 1 aliphatic heterocycles. The van der Waals surface area contributed by atoms with Gasteiger partial charge in [-0.05, 0) is 54.7 Å².